The maximum absolute atomic E-state index is 12.3. The maximum Gasteiger partial charge on any atom is 0.325 e. The first-order valence-corrected chi connectivity index (χ1v) is 11.1. The molecule has 3 unspecified atom stereocenters. The van der Waals surface area contributed by atoms with Gasteiger partial charge in [-0.25, -0.2) is 0 Å². The minimum absolute atomic E-state index is 0.0444. The van der Waals surface area contributed by atoms with Crippen LogP contribution in [0.4, 0.5) is 0 Å². The van der Waals surface area contributed by atoms with Gasteiger partial charge in [-0.2, -0.15) is 0 Å². The van der Waals surface area contributed by atoms with E-state index in [1.54, 1.807) is 0 Å². The minimum atomic E-state index is -1.59. The van der Waals surface area contributed by atoms with Crippen LogP contribution in [0.1, 0.15) is 39.0 Å². The third-order valence-corrected chi connectivity index (χ3v) is 4.35. The molecule has 0 saturated carbocycles. The molecule has 0 radical (unpaired) electrons. The van der Waals surface area contributed by atoms with Gasteiger partial charge in [-0.05, 0) is 19.8 Å². The van der Waals surface area contributed by atoms with Crippen molar-refractivity contribution in [2.24, 2.45) is 16.5 Å². The predicted molar refractivity (Wildman–Crippen MR) is 129 cm³/mol. The first-order chi connectivity index (χ1) is 17.7. The lowest BCUT2D eigenvalue weighted by Crippen LogP contribution is -2.51. The second kappa shape index (κ2) is 19.7. The zero-order valence-corrected chi connectivity index (χ0v) is 20.9. The van der Waals surface area contributed by atoms with Crippen LogP contribution < -0.4 is 32.7 Å². The number of carbonyl (C=O) groups excluding carboxylic acids is 4. The molecule has 0 aliphatic heterocycles. The summed E-state index contributed by atoms with van der Waals surface area (Å²) in [5.41, 5.74) is 10.4. The van der Waals surface area contributed by atoms with Crippen molar-refractivity contribution in [3.8, 4) is 0 Å². The fourth-order valence-corrected chi connectivity index (χ4v) is 2.58. The van der Waals surface area contributed by atoms with E-state index in [4.69, 9.17) is 31.9 Å². The van der Waals surface area contributed by atoms with Crippen molar-refractivity contribution >= 4 is 47.5 Å². The van der Waals surface area contributed by atoms with Gasteiger partial charge in [-0.15, -0.1) is 0 Å². The molecular formula is C20H35N7O11. The van der Waals surface area contributed by atoms with Crippen LogP contribution >= 0.6 is 0 Å². The molecule has 0 heterocycles. The zero-order valence-electron chi connectivity index (χ0n) is 20.9. The van der Waals surface area contributed by atoms with Gasteiger partial charge in [0, 0.05) is 26.5 Å². The predicted octanol–water partition coefficient (Wildman–Crippen LogP) is -4.34. The number of guanidine groups is 1. The number of nitrogens with two attached hydrogens (primary N) is 2. The Kier molecular flexibility index (Phi) is 18.5. The summed E-state index contributed by atoms with van der Waals surface area (Å²) in [7, 11) is 1.00. The van der Waals surface area contributed by atoms with E-state index in [1.807, 2.05) is 5.32 Å². The summed E-state index contributed by atoms with van der Waals surface area (Å²) in [6.07, 6.45) is -1.50. The molecule has 0 aromatic heterocycles. The highest BCUT2D eigenvalue weighted by Gasteiger charge is 2.27. The van der Waals surface area contributed by atoms with E-state index in [0.29, 0.717) is 0 Å². The third kappa shape index (κ3) is 17.9. The Morgan fingerprint density at radius 3 is 1.76 bits per heavy atom. The molecule has 0 saturated heterocycles. The molecule has 0 aliphatic carbocycles. The summed E-state index contributed by atoms with van der Waals surface area (Å²) in [5.74, 6) is -7.76. The number of carbonyl (C=O) groups is 7. The third-order valence-electron chi connectivity index (χ3n) is 4.35. The monoisotopic (exact) mass is 549 g/mol. The Hall–Kier alpha value is -4.48. The van der Waals surface area contributed by atoms with Crippen molar-refractivity contribution < 1.29 is 54.0 Å². The average molecular weight is 550 g/mol. The van der Waals surface area contributed by atoms with E-state index < -0.39 is 85.5 Å². The highest BCUT2D eigenvalue weighted by atomic mass is 16.4. The highest BCUT2D eigenvalue weighted by molar-refractivity contribution is 5.94. The molecule has 18 heteroatoms. The Balaban J connectivity index is 0. The summed E-state index contributed by atoms with van der Waals surface area (Å²) < 4.78 is 0. The van der Waals surface area contributed by atoms with Crippen LogP contribution in [0.5, 0.6) is 0 Å². The van der Waals surface area contributed by atoms with Gasteiger partial charge in [0.05, 0.1) is 6.42 Å². The second-order valence-electron chi connectivity index (χ2n) is 7.47. The number of carboxylic acid groups (broad SMARTS) is 3. The van der Waals surface area contributed by atoms with Gasteiger partial charge >= 0.3 is 17.9 Å². The second-order valence-corrected chi connectivity index (χ2v) is 7.47. The van der Waals surface area contributed by atoms with Crippen LogP contribution in [0.25, 0.3) is 0 Å². The minimum Gasteiger partial charge on any atom is -0.481 e. The normalized spacial score (nSPS) is 12.2. The molecule has 18 nitrogen and oxygen atoms in total. The number of aliphatic imine (C=N–C) groups is 1. The summed E-state index contributed by atoms with van der Waals surface area (Å²) in [4.78, 5) is 85.0. The van der Waals surface area contributed by atoms with Crippen molar-refractivity contribution in [2.75, 3.05) is 20.2 Å². The number of aliphatic hydroxyl groups excluding tert-OH is 1. The van der Waals surface area contributed by atoms with Crippen molar-refractivity contribution in [1.29, 1.82) is 0 Å². The number of nitrogens with one attached hydrogen (secondary N) is 4. The van der Waals surface area contributed by atoms with E-state index >= 15 is 0 Å². The Morgan fingerprint density at radius 2 is 1.32 bits per heavy atom. The zero-order chi connectivity index (χ0) is 29.8. The Morgan fingerprint density at radius 1 is 0.789 bits per heavy atom. The molecule has 12 N–H and O–H groups in total. The topological polar surface area (TPSA) is 313 Å². The summed E-state index contributed by atoms with van der Waals surface area (Å²) in [6.45, 7) is 0.594. The molecular weight excluding hydrogens is 514 g/mol. The molecule has 38 heavy (non-hydrogen) atoms. The van der Waals surface area contributed by atoms with E-state index in [-0.39, 0.29) is 25.3 Å². The molecule has 0 fully saturated rings. The molecule has 0 bridgehead atoms. The SMILES string of the molecule is CC(NC(=O)C(CC(=O)O)NC(=O)CCC(=O)NC(CCCN=C(N)N)C(=O)NCC(=O)O)C(=O)O.CO. The molecule has 0 aromatic rings. The van der Waals surface area contributed by atoms with Crippen molar-refractivity contribution in [1.82, 2.24) is 21.3 Å². The van der Waals surface area contributed by atoms with Crippen LogP contribution in [0, 0.1) is 0 Å². The first-order valence-electron chi connectivity index (χ1n) is 11.1. The number of aliphatic carboxylic acids is 3. The summed E-state index contributed by atoms with van der Waals surface area (Å²) in [5, 5.41) is 42.1. The van der Waals surface area contributed by atoms with Crippen LogP contribution in [-0.4, -0.2) is 106 Å². The number of hydrogen-bond donors (Lipinski definition) is 10. The maximum atomic E-state index is 12.3. The largest absolute Gasteiger partial charge is 0.481 e. The van der Waals surface area contributed by atoms with Crippen molar-refractivity contribution in [3.05, 3.63) is 0 Å². The van der Waals surface area contributed by atoms with Crippen LogP contribution in [0.3, 0.4) is 0 Å². The van der Waals surface area contributed by atoms with Gasteiger partial charge in [0.15, 0.2) is 5.96 Å². The smallest absolute Gasteiger partial charge is 0.325 e. The van der Waals surface area contributed by atoms with Crippen LogP contribution in [0.15, 0.2) is 4.99 Å². The Bertz CT molecular complexity index is 875. The number of aliphatic hydroxyl groups is 1. The lowest BCUT2D eigenvalue weighted by atomic mass is 10.1. The lowest BCUT2D eigenvalue weighted by Gasteiger charge is -2.19. The first kappa shape index (κ1) is 35.7. The Labute approximate surface area is 217 Å². The van der Waals surface area contributed by atoms with E-state index in [1.165, 1.54) is 0 Å². The molecule has 0 aliphatic rings. The molecule has 0 rings (SSSR count). The lowest BCUT2D eigenvalue weighted by molar-refractivity contribution is -0.143. The number of nitrogens with zero attached hydrogens (tertiary/aromatic N) is 1. The fourth-order valence-electron chi connectivity index (χ4n) is 2.58. The highest BCUT2D eigenvalue weighted by Crippen LogP contribution is 2.02. The standard InChI is InChI=1S/C19H31N7O10.CH4O/c1-9(18(35)36)24-17(34)11(7-14(29)30)26-13(28)5-4-12(27)25-10(3-2-6-22-19(20)21)16(33)23-8-15(31)32;1-2/h9-11H,2-8H2,1H3,(H,23,33)(H,24,34)(H,25,27)(H,26,28)(H,29,30)(H,31,32)(H,35,36)(H4,20,21,22);2H,1H3. The van der Waals surface area contributed by atoms with E-state index in [2.05, 4.69) is 20.9 Å². The van der Waals surface area contributed by atoms with Gasteiger partial charge < -0.3 is 53.2 Å². The molecule has 0 aromatic carbocycles. The van der Waals surface area contributed by atoms with Gasteiger partial charge in [0.2, 0.25) is 23.6 Å². The van der Waals surface area contributed by atoms with Gasteiger partial charge in [0.25, 0.3) is 0 Å². The number of rotatable bonds is 17. The van der Waals surface area contributed by atoms with Crippen LogP contribution in [-0.2, 0) is 33.6 Å². The molecule has 3 atom stereocenters. The van der Waals surface area contributed by atoms with Crippen molar-refractivity contribution in [2.45, 2.75) is 57.2 Å². The van der Waals surface area contributed by atoms with Crippen molar-refractivity contribution in [3.63, 3.8) is 0 Å². The number of carboxylic acids is 3. The average Bonchev–Trinajstić information content (AvgIpc) is 2.83. The number of hydrogen-bond acceptors (Lipinski definition) is 9. The summed E-state index contributed by atoms with van der Waals surface area (Å²) in [6, 6.07) is -4.09. The van der Waals surface area contributed by atoms with Gasteiger partial charge in [-0.1, -0.05) is 0 Å². The number of amides is 4. The van der Waals surface area contributed by atoms with Gasteiger partial charge in [0.1, 0.15) is 24.7 Å². The molecule has 0 spiro atoms. The molecule has 4 amide bonds. The molecule has 216 valence electrons. The van der Waals surface area contributed by atoms with Crippen LogP contribution in [0.2, 0.25) is 0 Å². The van der Waals surface area contributed by atoms with E-state index in [0.717, 1.165) is 14.0 Å². The quantitative estimate of drug-likeness (QED) is 0.0466. The van der Waals surface area contributed by atoms with E-state index in [9.17, 15) is 33.6 Å². The summed E-state index contributed by atoms with van der Waals surface area (Å²) >= 11 is 0. The fraction of sp³-hybridized carbons (Fsp3) is 0.600. The van der Waals surface area contributed by atoms with Gasteiger partial charge in [-0.3, -0.25) is 38.6 Å².